The summed E-state index contributed by atoms with van der Waals surface area (Å²) >= 11 is 0. The van der Waals surface area contributed by atoms with Crippen molar-refractivity contribution in [2.45, 2.75) is 25.7 Å². The number of hydrogen-bond acceptors (Lipinski definition) is 5. The van der Waals surface area contributed by atoms with Gasteiger partial charge in [0, 0.05) is 26.6 Å². The molecule has 0 aliphatic heterocycles. The van der Waals surface area contributed by atoms with E-state index in [-0.39, 0.29) is 29.7 Å². The Kier molecular flexibility index (Phi) is 5.46. The highest BCUT2D eigenvalue weighted by Gasteiger charge is 2.23. The zero-order valence-electron chi connectivity index (χ0n) is 11.8. The van der Waals surface area contributed by atoms with Crippen LogP contribution in [0.1, 0.15) is 18.4 Å². The molecule has 1 heterocycles. The van der Waals surface area contributed by atoms with E-state index in [0.29, 0.717) is 12.2 Å². The van der Waals surface area contributed by atoms with Gasteiger partial charge in [0.25, 0.3) is 0 Å². The summed E-state index contributed by atoms with van der Waals surface area (Å²) in [7, 11) is -3.68. The molecular weight excluding hydrogens is 282 g/mol. The number of nitrogens with zero attached hydrogens (tertiary/aromatic N) is 2. The second-order valence-corrected chi connectivity index (χ2v) is 6.01. The van der Waals surface area contributed by atoms with Crippen LogP contribution in [0.2, 0.25) is 0 Å². The second-order valence-electron chi connectivity index (χ2n) is 4.30. The van der Waals surface area contributed by atoms with Crippen LogP contribution in [0.3, 0.4) is 0 Å². The Balaban J connectivity index is 2.69. The largest absolute Gasteiger partial charge is 0.360 e. The van der Waals surface area contributed by atoms with Crippen LogP contribution in [0.25, 0.3) is 0 Å². The van der Waals surface area contributed by atoms with Gasteiger partial charge in [0.15, 0.2) is 5.76 Å². The Morgan fingerprint density at radius 3 is 2.60 bits per heavy atom. The van der Waals surface area contributed by atoms with Crippen LogP contribution in [-0.2, 0) is 14.8 Å². The van der Waals surface area contributed by atoms with E-state index in [4.69, 9.17) is 4.52 Å². The van der Waals surface area contributed by atoms with E-state index in [1.165, 1.54) is 18.7 Å². The summed E-state index contributed by atoms with van der Waals surface area (Å²) in [6.07, 6.45) is 1.59. The van der Waals surface area contributed by atoms with E-state index < -0.39 is 10.0 Å². The van der Waals surface area contributed by atoms with Gasteiger partial charge in [-0.1, -0.05) is 11.2 Å². The third kappa shape index (κ3) is 3.91. The Morgan fingerprint density at radius 1 is 1.50 bits per heavy atom. The number of amides is 1. The molecule has 8 heteroatoms. The average molecular weight is 301 g/mol. The summed E-state index contributed by atoms with van der Waals surface area (Å²) in [6.45, 7) is 8.83. The minimum absolute atomic E-state index is 0.0515. The third-order valence-electron chi connectivity index (χ3n) is 2.71. The maximum absolute atomic E-state index is 12.1. The average Bonchev–Trinajstić information content (AvgIpc) is 2.68. The molecule has 1 amide bonds. The molecule has 0 atom stereocenters. The first-order valence-electron chi connectivity index (χ1n) is 6.08. The van der Waals surface area contributed by atoms with Crippen LogP contribution in [0, 0.1) is 13.8 Å². The lowest BCUT2D eigenvalue weighted by Gasteiger charge is -2.19. The van der Waals surface area contributed by atoms with Gasteiger partial charge < -0.3 is 9.42 Å². The lowest BCUT2D eigenvalue weighted by Crippen LogP contribution is -2.37. The first-order valence-corrected chi connectivity index (χ1v) is 7.57. The summed E-state index contributed by atoms with van der Waals surface area (Å²) in [5, 5.41) is 3.61. The van der Waals surface area contributed by atoms with Crippen molar-refractivity contribution in [1.29, 1.82) is 0 Å². The number of hydrogen-bond donors (Lipinski definition) is 1. The van der Waals surface area contributed by atoms with Gasteiger partial charge >= 0.3 is 0 Å². The van der Waals surface area contributed by atoms with Crippen molar-refractivity contribution >= 4 is 15.9 Å². The molecule has 0 saturated carbocycles. The van der Waals surface area contributed by atoms with Crippen molar-refractivity contribution < 1.29 is 17.7 Å². The molecule has 0 radical (unpaired) electrons. The molecule has 0 aliphatic carbocycles. The number of sulfonamides is 1. The van der Waals surface area contributed by atoms with E-state index in [2.05, 4.69) is 16.5 Å². The van der Waals surface area contributed by atoms with E-state index in [0.717, 1.165) is 0 Å². The molecular formula is C12H19N3O4S. The fraction of sp³-hybridized carbons (Fsp3) is 0.500. The van der Waals surface area contributed by atoms with E-state index in [1.807, 2.05) is 0 Å². The van der Waals surface area contributed by atoms with E-state index in [1.54, 1.807) is 13.0 Å². The molecule has 1 rings (SSSR count). The maximum atomic E-state index is 12.1. The summed E-state index contributed by atoms with van der Waals surface area (Å²) in [5.74, 6) is 0.103. The molecule has 0 spiro atoms. The van der Waals surface area contributed by atoms with E-state index >= 15 is 0 Å². The first kappa shape index (κ1) is 16.4. The van der Waals surface area contributed by atoms with Crippen molar-refractivity contribution in [1.82, 2.24) is 14.8 Å². The van der Waals surface area contributed by atoms with Crippen LogP contribution in [0.4, 0.5) is 0 Å². The van der Waals surface area contributed by atoms with Crippen molar-refractivity contribution in [3.63, 3.8) is 0 Å². The van der Waals surface area contributed by atoms with Crippen molar-refractivity contribution in [2.75, 3.05) is 19.6 Å². The number of carbonyl (C=O) groups is 1. The van der Waals surface area contributed by atoms with Gasteiger partial charge in [-0.05, 0) is 13.8 Å². The highest BCUT2D eigenvalue weighted by atomic mass is 32.2. The summed E-state index contributed by atoms with van der Waals surface area (Å²) in [6, 6.07) is 0. The molecule has 7 nitrogen and oxygen atoms in total. The number of nitrogens with one attached hydrogen (secondary N) is 1. The SMILES string of the molecule is C=CCN(CCNS(=O)(=O)c1c(C)noc1C)C(C)=O. The minimum atomic E-state index is -3.68. The predicted octanol–water partition coefficient (Wildman–Crippen LogP) is 0.604. The van der Waals surface area contributed by atoms with Crippen LogP contribution in [0.5, 0.6) is 0 Å². The molecule has 0 fully saturated rings. The molecule has 1 aromatic rings. The van der Waals surface area contributed by atoms with Gasteiger partial charge in [-0.15, -0.1) is 6.58 Å². The molecule has 0 aliphatic rings. The lowest BCUT2D eigenvalue weighted by atomic mass is 10.4. The Labute approximate surface area is 118 Å². The van der Waals surface area contributed by atoms with Crippen LogP contribution in [-0.4, -0.2) is 44.0 Å². The highest BCUT2D eigenvalue weighted by molar-refractivity contribution is 7.89. The zero-order chi connectivity index (χ0) is 15.3. The normalized spacial score (nSPS) is 11.3. The molecule has 112 valence electrons. The van der Waals surface area contributed by atoms with Gasteiger partial charge in [0.2, 0.25) is 15.9 Å². The molecule has 20 heavy (non-hydrogen) atoms. The Bertz CT molecular complexity index is 572. The van der Waals surface area contributed by atoms with E-state index in [9.17, 15) is 13.2 Å². The molecule has 0 unspecified atom stereocenters. The van der Waals surface area contributed by atoms with Crippen LogP contribution >= 0.6 is 0 Å². The van der Waals surface area contributed by atoms with Gasteiger partial charge in [-0.2, -0.15) is 0 Å². The topological polar surface area (TPSA) is 92.5 Å². The van der Waals surface area contributed by atoms with Gasteiger partial charge in [0.05, 0.1) is 0 Å². The quantitative estimate of drug-likeness (QED) is 0.745. The minimum Gasteiger partial charge on any atom is -0.360 e. The monoisotopic (exact) mass is 301 g/mol. The molecule has 0 saturated heterocycles. The second kappa shape index (κ2) is 6.67. The number of aryl methyl sites for hydroxylation is 2. The standard InChI is InChI=1S/C12H19N3O4S/c1-5-7-15(11(4)16)8-6-13-20(17,18)12-9(2)14-19-10(12)3/h5,13H,1,6-8H2,2-4H3. The summed E-state index contributed by atoms with van der Waals surface area (Å²) in [4.78, 5) is 12.8. The Morgan fingerprint density at radius 2 is 2.15 bits per heavy atom. The lowest BCUT2D eigenvalue weighted by molar-refractivity contribution is -0.128. The molecule has 1 aromatic heterocycles. The van der Waals surface area contributed by atoms with Gasteiger partial charge in [-0.3, -0.25) is 4.79 Å². The number of aromatic nitrogens is 1. The van der Waals surface area contributed by atoms with Crippen LogP contribution in [0.15, 0.2) is 22.1 Å². The first-order chi connectivity index (χ1) is 9.29. The van der Waals surface area contributed by atoms with Crippen molar-refractivity contribution in [3.8, 4) is 0 Å². The fourth-order valence-corrected chi connectivity index (χ4v) is 3.12. The highest BCUT2D eigenvalue weighted by Crippen LogP contribution is 2.18. The zero-order valence-corrected chi connectivity index (χ0v) is 12.7. The molecule has 0 aromatic carbocycles. The number of carbonyl (C=O) groups excluding carboxylic acids is 1. The van der Waals surface area contributed by atoms with Gasteiger partial charge in [0.1, 0.15) is 10.6 Å². The number of rotatable bonds is 7. The maximum Gasteiger partial charge on any atom is 0.246 e. The van der Waals surface area contributed by atoms with Crippen molar-refractivity contribution in [3.05, 3.63) is 24.1 Å². The van der Waals surface area contributed by atoms with Crippen LogP contribution < -0.4 is 4.72 Å². The fourth-order valence-electron chi connectivity index (χ4n) is 1.78. The molecule has 0 bridgehead atoms. The molecule has 1 N–H and O–H groups in total. The smallest absolute Gasteiger partial charge is 0.246 e. The van der Waals surface area contributed by atoms with Gasteiger partial charge in [-0.25, -0.2) is 13.1 Å². The predicted molar refractivity (Wildman–Crippen MR) is 73.6 cm³/mol. The summed E-state index contributed by atoms with van der Waals surface area (Å²) in [5.41, 5.74) is 0.310. The third-order valence-corrected chi connectivity index (χ3v) is 4.41. The Hall–Kier alpha value is -1.67. The van der Waals surface area contributed by atoms with Crippen molar-refractivity contribution in [2.24, 2.45) is 0 Å². The summed E-state index contributed by atoms with van der Waals surface area (Å²) < 4.78 is 31.5.